The molecule has 3 heterocycles. The summed E-state index contributed by atoms with van der Waals surface area (Å²) in [6, 6.07) is 5.83. The van der Waals surface area contributed by atoms with E-state index in [1.807, 2.05) is 18.2 Å². The molecular weight excluding hydrogens is 380 g/mol. The maximum Gasteiger partial charge on any atom is 0.231 e. The summed E-state index contributed by atoms with van der Waals surface area (Å²) < 4.78 is 60.7. The number of fused-ring (bicyclic) bond motifs is 1. The molecular formula is C16H22N2O6S2. The van der Waals surface area contributed by atoms with Gasteiger partial charge in [-0.05, 0) is 24.1 Å². The molecule has 1 atom stereocenters. The highest BCUT2D eigenvalue weighted by Crippen LogP contribution is 2.33. The molecule has 1 aromatic carbocycles. The molecule has 0 aliphatic carbocycles. The van der Waals surface area contributed by atoms with Crippen LogP contribution in [0, 0.1) is 0 Å². The number of piperazine rings is 1. The first-order valence-corrected chi connectivity index (χ1v) is 12.0. The highest BCUT2D eigenvalue weighted by molar-refractivity contribution is 7.95. The largest absolute Gasteiger partial charge is 0.454 e. The van der Waals surface area contributed by atoms with Crippen LogP contribution in [0.15, 0.2) is 18.2 Å². The van der Waals surface area contributed by atoms with E-state index in [0.717, 1.165) is 17.1 Å². The van der Waals surface area contributed by atoms with Crippen LogP contribution >= 0.6 is 0 Å². The van der Waals surface area contributed by atoms with Crippen molar-refractivity contribution in [3.05, 3.63) is 23.8 Å². The average molecular weight is 402 g/mol. The van der Waals surface area contributed by atoms with Crippen LogP contribution in [-0.2, 0) is 26.4 Å². The van der Waals surface area contributed by atoms with Crippen LogP contribution in [0.2, 0.25) is 0 Å². The minimum absolute atomic E-state index is 0.0268. The molecule has 3 aliphatic heterocycles. The molecule has 0 saturated carbocycles. The Labute approximate surface area is 153 Å². The van der Waals surface area contributed by atoms with Gasteiger partial charge < -0.3 is 9.47 Å². The van der Waals surface area contributed by atoms with E-state index in [2.05, 4.69) is 4.90 Å². The van der Waals surface area contributed by atoms with Gasteiger partial charge in [0.2, 0.25) is 16.8 Å². The van der Waals surface area contributed by atoms with Crippen LogP contribution in [0.4, 0.5) is 0 Å². The van der Waals surface area contributed by atoms with E-state index in [0.29, 0.717) is 32.7 Å². The molecule has 1 aromatic rings. The molecule has 26 heavy (non-hydrogen) atoms. The maximum atomic E-state index is 12.7. The third kappa shape index (κ3) is 3.55. The molecule has 0 aromatic heterocycles. The molecule has 144 valence electrons. The summed E-state index contributed by atoms with van der Waals surface area (Å²) >= 11 is 0. The number of hydrogen-bond donors (Lipinski definition) is 0. The molecule has 0 N–H and O–H groups in total. The number of sulfonamides is 1. The summed E-state index contributed by atoms with van der Waals surface area (Å²) in [6.45, 7) is 2.97. The molecule has 0 bridgehead atoms. The van der Waals surface area contributed by atoms with Gasteiger partial charge >= 0.3 is 0 Å². The highest BCUT2D eigenvalue weighted by Gasteiger charge is 2.41. The molecule has 2 saturated heterocycles. The van der Waals surface area contributed by atoms with Crippen LogP contribution in [0.1, 0.15) is 12.0 Å². The SMILES string of the molecule is O=S1(=O)CCC(S(=O)(=O)N2CCN(Cc3ccc4c(c3)OCO4)CC2)C1. The van der Waals surface area contributed by atoms with E-state index < -0.39 is 25.1 Å². The minimum Gasteiger partial charge on any atom is -0.454 e. The first-order chi connectivity index (χ1) is 12.3. The van der Waals surface area contributed by atoms with Gasteiger partial charge in [-0.15, -0.1) is 0 Å². The van der Waals surface area contributed by atoms with Crippen LogP contribution in [0.5, 0.6) is 11.5 Å². The van der Waals surface area contributed by atoms with Crippen molar-refractivity contribution in [3.63, 3.8) is 0 Å². The predicted molar refractivity (Wildman–Crippen MR) is 95.4 cm³/mol. The number of hydrogen-bond acceptors (Lipinski definition) is 7. The van der Waals surface area contributed by atoms with E-state index in [1.165, 1.54) is 4.31 Å². The molecule has 0 spiro atoms. The molecule has 0 radical (unpaired) electrons. The zero-order valence-electron chi connectivity index (χ0n) is 14.3. The Hall–Kier alpha value is -1.36. The van der Waals surface area contributed by atoms with Crippen molar-refractivity contribution >= 4 is 19.9 Å². The second-order valence-electron chi connectivity index (χ2n) is 6.93. The Balaban J connectivity index is 1.35. The van der Waals surface area contributed by atoms with Gasteiger partial charge in [-0.25, -0.2) is 16.8 Å². The third-order valence-corrected chi connectivity index (χ3v) is 9.45. The number of ether oxygens (including phenoxy) is 2. The Morgan fingerprint density at radius 3 is 2.50 bits per heavy atom. The maximum absolute atomic E-state index is 12.7. The smallest absolute Gasteiger partial charge is 0.231 e. The quantitative estimate of drug-likeness (QED) is 0.702. The minimum atomic E-state index is -3.55. The van der Waals surface area contributed by atoms with Gasteiger partial charge in [0.1, 0.15) is 0 Å². The van der Waals surface area contributed by atoms with Gasteiger partial charge in [0.05, 0.1) is 16.8 Å². The lowest BCUT2D eigenvalue weighted by atomic mass is 10.2. The van der Waals surface area contributed by atoms with Crippen molar-refractivity contribution in [1.29, 1.82) is 0 Å². The predicted octanol–water partition coefficient (Wildman–Crippen LogP) is 0.0498. The van der Waals surface area contributed by atoms with E-state index in [9.17, 15) is 16.8 Å². The van der Waals surface area contributed by atoms with Crippen LogP contribution in [0.25, 0.3) is 0 Å². The third-order valence-electron chi connectivity index (χ3n) is 5.15. The second kappa shape index (κ2) is 6.66. The summed E-state index contributed by atoms with van der Waals surface area (Å²) in [4.78, 5) is 2.19. The Bertz CT molecular complexity index is 891. The second-order valence-corrected chi connectivity index (χ2v) is 11.4. The fraction of sp³-hybridized carbons (Fsp3) is 0.625. The number of benzene rings is 1. The van der Waals surface area contributed by atoms with E-state index in [-0.39, 0.29) is 24.7 Å². The first-order valence-electron chi connectivity index (χ1n) is 8.64. The van der Waals surface area contributed by atoms with Crippen LogP contribution in [-0.4, -0.2) is 75.8 Å². The van der Waals surface area contributed by atoms with E-state index in [4.69, 9.17) is 9.47 Å². The van der Waals surface area contributed by atoms with Crippen molar-refractivity contribution in [1.82, 2.24) is 9.21 Å². The summed E-state index contributed by atoms with van der Waals surface area (Å²) in [5.41, 5.74) is 1.09. The standard InChI is InChI=1S/C16H22N2O6S2/c19-25(20)8-3-14(11-25)26(21,22)18-6-4-17(5-7-18)10-13-1-2-15-16(9-13)24-12-23-15/h1-2,9,14H,3-8,10-12H2. The lowest BCUT2D eigenvalue weighted by Crippen LogP contribution is -2.50. The van der Waals surface area contributed by atoms with Crippen molar-refractivity contribution in [2.24, 2.45) is 0 Å². The molecule has 0 amide bonds. The Kier molecular flexibility index (Phi) is 4.62. The Morgan fingerprint density at radius 2 is 1.81 bits per heavy atom. The number of rotatable bonds is 4. The zero-order valence-corrected chi connectivity index (χ0v) is 16.0. The van der Waals surface area contributed by atoms with E-state index in [1.54, 1.807) is 0 Å². The molecule has 8 nitrogen and oxygen atoms in total. The fourth-order valence-electron chi connectivity index (χ4n) is 3.65. The van der Waals surface area contributed by atoms with Crippen molar-refractivity contribution in [2.45, 2.75) is 18.2 Å². The van der Waals surface area contributed by atoms with Gasteiger partial charge in [0.25, 0.3) is 0 Å². The summed E-state index contributed by atoms with van der Waals surface area (Å²) in [6.07, 6.45) is 0.210. The molecule has 1 unspecified atom stereocenters. The highest BCUT2D eigenvalue weighted by atomic mass is 32.2. The van der Waals surface area contributed by atoms with Crippen molar-refractivity contribution in [3.8, 4) is 11.5 Å². The van der Waals surface area contributed by atoms with Crippen LogP contribution < -0.4 is 9.47 Å². The van der Waals surface area contributed by atoms with Crippen LogP contribution in [0.3, 0.4) is 0 Å². The summed E-state index contributed by atoms with van der Waals surface area (Å²) in [7, 11) is -6.76. The average Bonchev–Trinajstić information content (AvgIpc) is 3.21. The van der Waals surface area contributed by atoms with Gasteiger partial charge in [0.15, 0.2) is 21.3 Å². The lowest BCUT2D eigenvalue weighted by Gasteiger charge is -2.35. The van der Waals surface area contributed by atoms with Gasteiger partial charge in [-0.3, -0.25) is 4.90 Å². The van der Waals surface area contributed by atoms with Gasteiger partial charge in [0, 0.05) is 32.7 Å². The van der Waals surface area contributed by atoms with Gasteiger partial charge in [-0.2, -0.15) is 4.31 Å². The molecule has 3 aliphatic rings. The molecule has 10 heteroatoms. The monoisotopic (exact) mass is 402 g/mol. The van der Waals surface area contributed by atoms with Crippen molar-refractivity contribution in [2.75, 3.05) is 44.5 Å². The molecule has 4 rings (SSSR count). The number of nitrogens with zero attached hydrogens (tertiary/aromatic N) is 2. The zero-order chi connectivity index (χ0) is 18.4. The van der Waals surface area contributed by atoms with Crippen molar-refractivity contribution < 1.29 is 26.3 Å². The first kappa shape index (κ1) is 18.0. The topological polar surface area (TPSA) is 93.2 Å². The summed E-state index contributed by atoms with van der Waals surface area (Å²) in [5, 5.41) is -0.784. The van der Waals surface area contributed by atoms with Gasteiger partial charge in [-0.1, -0.05) is 6.07 Å². The number of sulfone groups is 1. The fourth-order valence-corrected chi connectivity index (χ4v) is 8.16. The normalized spacial score (nSPS) is 26.2. The van der Waals surface area contributed by atoms with E-state index >= 15 is 0 Å². The summed E-state index contributed by atoms with van der Waals surface area (Å²) in [5.74, 6) is 1.22. The Morgan fingerprint density at radius 1 is 1.08 bits per heavy atom. The lowest BCUT2D eigenvalue weighted by molar-refractivity contribution is 0.173. The molecule has 2 fully saturated rings.